The van der Waals surface area contributed by atoms with E-state index in [9.17, 15) is 9.00 Å². The number of carbonyl (C=O) groups excluding carboxylic acids is 1. The van der Waals surface area contributed by atoms with E-state index in [0.29, 0.717) is 5.75 Å². The van der Waals surface area contributed by atoms with E-state index in [1.54, 1.807) is 6.26 Å². The van der Waals surface area contributed by atoms with Crippen LogP contribution in [0.2, 0.25) is 0 Å². The molecule has 5 heteroatoms. The molecule has 0 radical (unpaired) electrons. The zero-order valence-electron chi connectivity index (χ0n) is 11.6. The molecular formula is C12H26N2O2S. The Balaban J connectivity index is 3.94. The third-order valence-electron chi connectivity index (χ3n) is 2.77. The number of hydrogen-bond donors (Lipinski definition) is 2. The molecule has 17 heavy (non-hydrogen) atoms. The Morgan fingerprint density at radius 1 is 1.24 bits per heavy atom. The average Bonchev–Trinajstić information content (AvgIpc) is 2.25. The molecule has 0 bridgehead atoms. The maximum atomic E-state index is 11.8. The van der Waals surface area contributed by atoms with Crippen molar-refractivity contribution in [1.29, 1.82) is 0 Å². The molecular weight excluding hydrogens is 236 g/mol. The molecule has 0 aliphatic rings. The Labute approximate surface area is 107 Å². The molecule has 0 aliphatic heterocycles. The largest absolute Gasteiger partial charge is 0.352 e. The maximum Gasteiger partial charge on any atom is 0.237 e. The van der Waals surface area contributed by atoms with Crippen molar-refractivity contribution in [2.45, 2.75) is 58.7 Å². The van der Waals surface area contributed by atoms with Gasteiger partial charge in [0.25, 0.3) is 0 Å². The predicted molar refractivity (Wildman–Crippen MR) is 73.5 cm³/mol. The van der Waals surface area contributed by atoms with Crippen LogP contribution in [-0.2, 0) is 15.6 Å². The van der Waals surface area contributed by atoms with Crippen LogP contribution in [0.1, 0.15) is 40.5 Å². The second-order valence-electron chi connectivity index (χ2n) is 4.67. The van der Waals surface area contributed by atoms with Crippen LogP contribution in [0.5, 0.6) is 0 Å². The number of hydrogen-bond acceptors (Lipinski definition) is 3. The van der Waals surface area contributed by atoms with Gasteiger partial charge in [-0.2, -0.15) is 0 Å². The first-order chi connectivity index (χ1) is 7.86. The lowest BCUT2D eigenvalue weighted by atomic mass is 10.2. The Hall–Kier alpha value is -0.420. The van der Waals surface area contributed by atoms with Crippen LogP contribution >= 0.6 is 0 Å². The van der Waals surface area contributed by atoms with Crippen molar-refractivity contribution < 1.29 is 9.00 Å². The van der Waals surface area contributed by atoms with Gasteiger partial charge in [-0.15, -0.1) is 0 Å². The first kappa shape index (κ1) is 16.6. The van der Waals surface area contributed by atoms with Gasteiger partial charge in [0.1, 0.15) is 0 Å². The molecule has 1 amide bonds. The van der Waals surface area contributed by atoms with Gasteiger partial charge >= 0.3 is 0 Å². The summed E-state index contributed by atoms with van der Waals surface area (Å²) in [5.41, 5.74) is 0. The Bertz CT molecular complexity index is 259. The number of carbonyl (C=O) groups is 1. The SMILES string of the molecule is CCC(C)NC(=O)C(C)NC(C)CCS(C)=O. The minimum Gasteiger partial charge on any atom is -0.352 e. The van der Waals surface area contributed by atoms with Crippen LogP contribution in [0.25, 0.3) is 0 Å². The minimum absolute atomic E-state index is 0.0313. The fourth-order valence-electron chi connectivity index (χ4n) is 1.40. The molecule has 0 saturated carbocycles. The van der Waals surface area contributed by atoms with E-state index < -0.39 is 10.8 Å². The quantitative estimate of drug-likeness (QED) is 0.687. The monoisotopic (exact) mass is 262 g/mol. The third-order valence-corrected chi connectivity index (χ3v) is 3.58. The third kappa shape index (κ3) is 8.32. The van der Waals surface area contributed by atoms with Crippen LogP contribution in [-0.4, -0.2) is 40.3 Å². The fourth-order valence-corrected chi connectivity index (χ4v) is 2.08. The van der Waals surface area contributed by atoms with Crippen molar-refractivity contribution in [2.24, 2.45) is 0 Å². The smallest absolute Gasteiger partial charge is 0.237 e. The highest BCUT2D eigenvalue weighted by Gasteiger charge is 2.16. The second-order valence-corrected chi connectivity index (χ2v) is 6.23. The fraction of sp³-hybridized carbons (Fsp3) is 0.917. The predicted octanol–water partition coefficient (Wildman–Crippen LogP) is 1.04. The molecule has 4 atom stereocenters. The van der Waals surface area contributed by atoms with Crippen molar-refractivity contribution >= 4 is 16.7 Å². The minimum atomic E-state index is -0.763. The maximum absolute atomic E-state index is 11.8. The summed E-state index contributed by atoms with van der Waals surface area (Å²) in [5.74, 6) is 0.706. The molecule has 0 aromatic rings. The normalized spacial score (nSPS) is 18.2. The molecule has 4 unspecified atom stereocenters. The van der Waals surface area contributed by atoms with Gasteiger partial charge in [0, 0.05) is 34.9 Å². The number of nitrogens with one attached hydrogen (secondary N) is 2. The van der Waals surface area contributed by atoms with E-state index in [-0.39, 0.29) is 24.0 Å². The Morgan fingerprint density at radius 3 is 2.29 bits per heavy atom. The molecule has 0 heterocycles. The highest BCUT2D eigenvalue weighted by Crippen LogP contribution is 1.96. The lowest BCUT2D eigenvalue weighted by Gasteiger charge is -2.21. The Morgan fingerprint density at radius 2 is 1.82 bits per heavy atom. The van der Waals surface area contributed by atoms with E-state index in [0.717, 1.165) is 12.8 Å². The van der Waals surface area contributed by atoms with Crippen LogP contribution < -0.4 is 10.6 Å². The summed E-state index contributed by atoms with van der Waals surface area (Å²) in [6.45, 7) is 7.91. The first-order valence-corrected chi connectivity index (χ1v) is 7.96. The van der Waals surface area contributed by atoms with Gasteiger partial charge < -0.3 is 10.6 Å². The molecule has 0 aromatic heterocycles. The molecule has 0 aromatic carbocycles. The Kier molecular flexibility index (Phi) is 8.43. The highest BCUT2D eigenvalue weighted by atomic mass is 32.2. The zero-order valence-corrected chi connectivity index (χ0v) is 12.4. The standard InChI is InChI=1S/C12H26N2O2S/c1-6-9(2)14-12(15)11(4)13-10(3)7-8-17(5)16/h9-11,13H,6-8H2,1-5H3,(H,14,15). The van der Waals surface area contributed by atoms with Gasteiger partial charge in [-0.25, -0.2) is 0 Å². The lowest BCUT2D eigenvalue weighted by Crippen LogP contribution is -2.48. The van der Waals surface area contributed by atoms with Crippen LogP contribution in [0.4, 0.5) is 0 Å². The number of amides is 1. The summed E-state index contributed by atoms with van der Waals surface area (Å²) in [5, 5.41) is 6.16. The molecule has 0 rings (SSSR count). The van der Waals surface area contributed by atoms with Crippen LogP contribution in [0.15, 0.2) is 0 Å². The molecule has 0 fully saturated rings. The van der Waals surface area contributed by atoms with Gasteiger partial charge in [0.15, 0.2) is 0 Å². The van der Waals surface area contributed by atoms with Gasteiger partial charge in [-0.05, 0) is 33.6 Å². The van der Waals surface area contributed by atoms with Crippen molar-refractivity contribution in [3.8, 4) is 0 Å². The molecule has 0 spiro atoms. The van der Waals surface area contributed by atoms with E-state index in [4.69, 9.17) is 0 Å². The summed E-state index contributed by atoms with van der Waals surface area (Å²) in [6, 6.07) is 0.214. The van der Waals surface area contributed by atoms with Crippen LogP contribution in [0, 0.1) is 0 Å². The van der Waals surface area contributed by atoms with Gasteiger partial charge in [-0.1, -0.05) is 6.92 Å². The van der Waals surface area contributed by atoms with Crippen molar-refractivity contribution in [2.75, 3.05) is 12.0 Å². The van der Waals surface area contributed by atoms with Crippen molar-refractivity contribution in [3.05, 3.63) is 0 Å². The molecule has 102 valence electrons. The van der Waals surface area contributed by atoms with E-state index >= 15 is 0 Å². The molecule has 2 N–H and O–H groups in total. The zero-order chi connectivity index (χ0) is 13.4. The van der Waals surface area contributed by atoms with Crippen LogP contribution in [0.3, 0.4) is 0 Å². The van der Waals surface area contributed by atoms with Crippen molar-refractivity contribution in [1.82, 2.24) is 10.6 Å². The summed E-state index contributed by atoms with van der Waals surface area (Å²) in [7, 11) is -0.763. The van der Waals surface area contributed by atoms with E-state index in [1.807, 2.05) is 27.7 Å². The molecule has 0 aliphatic carbocycles. The van der Waals surface area contributed by atoms with E-state index in [2.05, 4.69) is 10.6 Å². The summed E-state index contributed by atoms with van der Waals surface area (Å²) in [4.78, 5) is 11.8. The van der Waals surface area contributed by atoms with Gasteiger partial charge in [0.2, 0.25) is 5.91 Å². The number of rotatable bonds is 8. The van der Waals surface area contributed by atoms with Gasteiger partial charge in [-0.3, -0.25) is 9.00 Å². The summed E-state index contributed by atoms with van der Waals surface area (Å²) < 4.78 is 11.0. The second kappa shape index (κ2) is 8.64. The molecule has 0 saturated heterocycles. The summed E-state index contributed by atoms with van der Waals surface area (Å²) in [6.07, 6.45) is 3.46. The van der Waals surface area contributed by atoms with Crippen molar-refractivity contribution in [3.63, 3.8) is 0 Å². The molecule has 4 nitrogen and oxygen atoms in total. The average molecular weight is 262 g/mol. The topological polar surface area (TPSA) is 58.2 Å². The highest BCUT2D eigenvalue weighted by molar-refractivity contribution is 7.84. The van der Waals surface area contributed by atoms with Gasteiger partial charge in [0.05, 0.1) is 6.04 Å². The lowest BCUT2D eigenvalue weighted by molar-refractivity contribution is -0.123. The van der Waals surface area contributed by atoms with E-state index in [1.165, 1.54) is 0 Å². The first-order valence-electron chi connectivity index (χ1n) is 6.23. The summed E-state index contributed by atoms with van der Waals surface area (Å²) >= 11 is 0.